The van der Waals surface area contributed by atoms with Crippen molar-refractivity contribution in [2.45, 2.75) is 25.3 Å². The lowest BCUT2D eigenvalue weighted by molar-refractivity contribution is -0.131. The molecule has 2 aromatic carbocycles. The van der Waals surface area contributed by atoms with E-state index in [1.807, 2.05) is 0 Å². The quantitative estimate of drug-likeness (QED) is 0.629. The summed E-state index contributed by atoms with van der Waals surface area (Å²) in [6.07, 6.45) is 1.81. The fraction of sp³-hybridized carbons (Fsp3) is 0.238. The minimum absolute atomic E-state index is 0.0516. The molecule has 2 amide bonds. The molecule has 3 aromatic rings. The lowest BCUT2D eigenvalue weighted by Gasteiger charge is -2.22. The van der Waals surface area contributed by atoms with Crippen molar-refractivity contribution in [3.8, 4) is 0 Å². The van der Waals surface area contributed by atoms with Crippen molar-refractivity contribution >= 4 is 40.4 Å². The lowest BCUT2D eigenvalue weighted by Crippen LogP contribution is -2.31. The number of amides is 2. The molecule has 1 fully saturated rings. The fourth-order valence-corrected chi connectivity index (χ4v) is 4.49. The molecule has 30 heavy (non-hydrogen) atoms. The first-order valence-electron chi connectivity index (χ1n) is 9.44. The maximum absolute atomic E-state index is 13.1. The highest BCUT2D eigenvalue weighted by molar-refractivity contribution is 7.13. The first-order chi connectivity index (χ1) is 14.5. The second kappa shape index (κ2) is 8.89. The van der Waals surface area contributed by atoms with E-state index in [-0.39, 0.29) is 35.1 Å². The third kappa shape index (κ3) is 4.66. The molecule has 1 N–H and O–H groups in total. The van der Waals surface area contributed by atoms with Crippen LogP contribution in [0.25, 0.3) is 0 Å². The Labute approximate surface area is 181 Å². The average molecular weight is 445 g/mol. The summed E-state index contributed by atoms with van der Waals surface area (Å²) in [5, 5.41) is 12.3. The number of rotatable bonds is 5. The van der Waals surface area contributed by atoms with E-state index in [0.29, 0.717) is 22.3 Å². The minimum Gasteiger partial charge on any atom is -0.333 e. The zero-order valence-corrected chi connectivity index (χ0v) is 17.4. The average Bonchev–Trinajstić information content (AvgIpc) is 3.39. The summed E-state index contributed by atoms with van der Waals surface area (Å²) < 4.78 is 13.1. The fourth-order valence-electron chi connectivity index (χ4n) is 3.41. The van der Waals surface area contributed by atoms with Gasteiger partial charge in [-0.25, -0.2) is 4.39 Å². The monoisotopic (exact) mass is 444 g/mol. The predicted octanol–water partition coefficient (Wildman–Crippen LogP) is 4.49. The van der Waals surface area contributed by atoms with Gasteiger partial charge < -0.3 is 10.2 Å². The van der Waals surface area contributed by atoms with Gasteiger partial charge in [0.2, 0.25) is 10.9 Å². The predicted molar refractivity (Wildman–Crippen MR) is 113 cm³/mol. The first kappa shape index (κ1) is 20.4. The Morgan fingerprint density at radius 2 is 2.00 bits per heavy atom. The van der Waals surface area contributed by atoms with Gasteiger partial charge in [0.25, 0.3) is 5.91 Å². The minimum atomic E-state index is -0.372. The van der Waals surface area contributed by atoms with E-state index in [2.05, 4.69) is 15.5 Å². The second-order valence-corrected chi connectivity index (χ2v) is 8.40. The van der Waals surface area contributed by atoms with E-state index in [9.17, 15) is 14.0 Å². The van der Waals surface area contributed by atoms with Gasteiger partial charge in [0.15, 0.2) is 0 Å². The van der Waals surface area contributed by atoms with Crippen LogP contribution in [0.5, 0.6) is 0 Å². The summed E-state index contributed by atoms with van der Waals surface area (Å²) in [6.45, 7) is 0.619. The summed E-state index contributed by atoms with van der Waals surface area (Å²) in [5.74, 6) is -0.755. The molecule has 0 spiro atoms. The number of hydrogen-bond acceptors (Lipinski definition) is 5. The number of carbonyl (C=O) groups excluding carboxylic acids is 2. The Kier molecular flexibility index (Phi) is 6.06. The number of halogens is 2. The van der Waals surface area contributed by atoms with Crippen LogP contribution in [0.3, 0.4) is 0 Å². The van der Waals surface area contributed by atoms with Gasteiger partial charge in [0.1, 0.15) is 10.8 Å². The van der Waals surface area contributed by atoms with Gasteiger partial charge in [-0.3, -0.25) is 9.59 Å². The molecule has 9 heteroatoms. The van der Waals surface area contributed by atoms with Crippen molar-refractivity contribution in [1.82, 2.24) is 15.1 Å². The van der Waals surface area contributed by atoms with Crippen molar-refractivity contribution in [2.75, 3.05) is 11.9 Å². The number of likely N-dealkylation sites (tertiary alicyclic amines) is 1. The van der Waals surface area contributed by atoms with Gasteiger partial charge in [0.05, 0.1) is 12.5 Å². The highest BCUT2D eigenvalue weighted by Crippen LogP contribution is 2.34. The molecule has 1 aromatic heterocycles. The van der Waals surface area contributed by atoms with E-state index < -0.39 is 0 Å². The van der Waals surface area contributed by atoms with Crippen LogP contribution in [-0.2, 0) is 11.2 Å². The number of nitrogens with zero attached hydrogens (tertiary/aromatic N) is 3. The zero-order chi connectivity index (χ0) is 21.1. The Balaban J connectivity index is 1.44. The van der Waals surface area contributed by atoms with Crippen LogP contribution in [0.4, 0.5) is 10.1 Å². The number of anilines is 1. The molecule has 0 bridgehead atoms. The highest BCUT2D eigenvalue weighted by atomic mass is 35.5. The molecule has 1 aliphatic rings. The van der Waals surface area contributed by atoms with E-state index in [0.717, 1.165) is 18.4 Å². The van der Waals surface area contributed by atoms with Crippen molar-refractivity contribution < 1.29 is 14.0 Å². The summed E-state index contributed by atoms with van der Waals surface area (Å²) in [4.78, 5) is 27.0. The third-order valence-electron chi connectivity index (χ3n) is 4.84. The number of hydrogen-bond donors (Lipinski definition) is 1. The summed E-state index contributed by atoms with van der Waals surface area (Å²) in [7, 11) is 0. The maximum atomic E-state index is 13.1. The molecule has 2 heterocycles. The van der Waals surface area contributed by atoms with Crippen LogP contribution in [-0.4, -0.2) is 33.5 Å². The maximum Gasteiger partial charge on any atom is 0.286 e. The van der Waals surface area contributed by atoms with Crippen molar-refractivity contribution in [2.24, 2.45) is 0 Å². The highest BCUT2D eigenvalue weighted by Gasteiger charge is 2.33. The Bertz CT molecular complexity index is 1070. The van der Waals surface area contributed by atoms with Crippen LogP contribution in [0.15, 0.2) is 48.5 Å². The molecule has 1 saturated heterocycles. The van der Waals surface area contributed by atoms with Crippen LogP contribution < -0.4 is 5.32 Å². The molecule has 4 rings (SSSR count). The normalized spacial score (nSPS) is 15.9. The van der Waals surface area contributed by atoms with Crippen LogP contribution in [0.1, 0.15) is 39.3 Å². The van der Waals surface area contributed by atoms with Gasteiger partial charge in [-0.1, -0.05) is 41.1 Å². The number of aromatic nitrogens is 2. The van der Waals surface area contributed by atoms with Gasteiger partial charge in [-0.05, 0) is 48.7 Å². The first-order valence-corrected chi connectivity index (χ1v) is 10.6. The molecular formula is C21H18ClFN4O2S. The number of nitrogens with one attached hydrogen (secondary N) is 1. The van der Waals surface area contributed by atoms with E-state index in [4.69, 9.17) is 11.6 Å². The zero-order valence-electron chi connectivity index (χ0n) is 15.8. The Morgan fingerprint density at radius 1 is 1.20 bits per heavy atom. The van der Waals surface area contributed by atoms with Gasteiger partial charge in [-0.15, -0.1) is 10.2 Å². The molecule has 0 radical (unpaired) electrons. The molecule has 0 aliphatic carbocycles. The smallest absolute Gasteiger partial charge is 0.286 e. The summed E-state index contributed by atoms with van der Waals surface area (Å²) in [5.41, 5.74) is 1.33. The molecule has 0 unspecified atom stereocenters. The molecule has 6 nitrogen and oxygen atoms in total. The number of benzene rings is 2. The van der Waals surface area contributed by atoms with Crippen molar-refractivity contribution in [3.63, 3.8) is 0 Å². The van der Waals surface area contributed by atoms with Crippen molar-refractivity contribution in [3.05, 3.63) is 74.9 Å². The van der Waals surface area contributed by atoms with Gasteiger partial charge in [0, 0.05) is 17.3 Å². The Morgan fingerprint density at radius 3 is 2.77 bits per heavy atom. The van der Waals surface area contributed by atoms with Crippen LogP contribution in [0, 0.1) is 5.82 Å². The van der Waals surface area contributed by atoms with Gasteiger partial charge in [-0.2, -0.15) is 0 Å². The van der Waals surface area contributed by atoms with Crippen LogP contribution >= 0.6 is 22.9 Å². The van der Waals surface area contributed by atoms with Crippen molar-refractivity contribution in [1.29, 1.82) is 0 Å². The topological polar surface area (TPSA) is 75.2 Å². The van der Waals surface area contributed by atoms with E-state index in [1.54, 1.807) is 41.3 Å². The van der Waals surface area contributed by atoms with Gasteiger partial charge >= 0.3 is 0 Å². The SMILES string of the molecule is O=C(Nc1cccc(Cl)c1)c1nnc([C@H]2CCCN2C(=O)Cc2ccc(F)cc2)s1. The second-order valence-electron chi connectivity index (χ2n) is 6.96. The molecule has 1 aliphatic heterocycles. The molecular weight excluding hydrogens is 427 g/mol. The summed E-state index contributed by atoms with van der Waals surface area (Å²) in [6, 6.07) is 12.6. The standard InChI is InChI=1S/C21H18ClFN4O2S/c22-14-3-1-4-16(12-14)24-19(29)21-26-25-20(30-21)17-5-2-10-27(17)18(28)11-13-6-8-15(23)9-7-13/h1,3-4,6-9,12,17H,2,5,10-11H2,(H,24,29)/t17-/m1/s1. The molecule has 0 saturated carbocycles. The lowest BCUT2D eigenvalue weighted by atomic mass is 10.1. The molecule has 154 valence electrons. The third-order valence-corrected chi connectivity index (χ3v) is 6.10. The number of carbonyl (C=O) groups is 2. The van der Waals surface area contributed by atoms with E-state index in [1.165, 1.54) is 23.5 Å². The summed E-state index contributed by atoms with van der Waals surface area (Å²) >= 11 is 7.12. The largest absolute Gasteiger partial charge is 0.333 e. The van der Waals surface area contributed by atoms with Crippen LogP contribution in [0.2, 0.25) is 5.02 Å². The van der Waals surface area contributed by atoms with E-state index >= 15 is 0 Å². The molecule has 1 atom stereocenters. The Hall–Kier alpha value is -2.84.